The smallest absolute Gasteiger partial charge is 0.269 e. The van der Waals surface area contributed by atoms with E-state index < -0.39 is 4.92 Å². The second-order valence-electron chi connectivity index (χ2n) is 4.24. The third-order valence-corrected chi connectivity index (χ3v) is 3.36. The molecule has 0 unspecified atom stereocenters. The molecule has 20 heavy (non-hydrogen) atoms. The fourth-order valence-electron chi connectivity index (χ4n) is 1.70. The van der Waals surface area contributed by atoms with Crippen LogP contribution in [0.25, 0.3) is 0 Å². The van der Waals surface area contributed by atoms with Crippen LogP contribution in [0.3, 0.4) is 0 Å². The van der Waals surface area contributed by atoms with Crippen LogP contribution in [-0.2, 0) is 6.61 Å². The maximum atomic E-state index is 13.1. The van der Waals surface area contributed by atoms with Gasteiger partial charge in [-0.1, -0.05) is 6.07 Å². The number of aryl methyl sites for hydroxylation is 1. The summed E-state index contributed by atoms with van der Waals surface area (Å²) >= 11 is 3.11. The summed E-state index contributed by atoms with van der Waals surface area (Å²) in [7, 11) is 0. The molecule has 2 aromatic carbocycles. The molecule has 104 valence electrons. The minimum absolute atomic E-state index is 0.0272. The number of non-ortho nitro benzene ring substituents is 1. The van der Waals surface area contributed by atoms with Crippen molar-refractivity contribution in [3.05, 3.63) is 67.9 Å². The van der Waals surface area contributed by atoms with E-state index in [2.05, 4.69) is 15.9 Å². The summed E-state index contributed by atoms with van der Waals surface area (Å²) in [5.74, 6) is 0.233. The van der Waals surface area contributed by atoms with Gasteiger partial charge in [-0.05, 0) is 52.2 Å². The number of nitro benzene ring substituents is 1. The molecule has 0 saturated carbocycles. The molecule has 4 nitrogen and oxygen atoms in total. The third kappa shape index (κ3) is 3.33. The van der Waals surface area contributed by atoms with E-state index in [1.807, 2.05) is 0 Å². The lowest BCUT2D eigenvalue weighted by atomic mass is 10.2. The Balaban J connectivity index is 2.10. The van der Waals surface area contributed by atoms with Crippen molar-refractivity contribution in [3.8, 4) is 5.75 Å². The predicted molar refractivity (Wildman–Crippen MR) is 76.3 cm³/mol. The zero-order chi connectivity index (χ0) is 14.7. The van der Waals surface area contributed by atoms with Gasteiger partial charge in [-0.15, -0.1) is 0 Å². The van der Waals surface area contributed by atoms with E-state index in [4.69, 9.17) is 4.74 Å². The second kappa shape index (κ2) is 6.00. The molecule has 0 saturated heterocycles. The molecule has 2 rings (SSSR count). The molecule has 0 atom stereocenters. The van der Waals surface area contributed by atoms with Crippen molar-refractivity contribution < 1.29 is 14.1 Å². The number of nitro groups is 1. The zero-order valence-electron chi connectivity index (χ0n) is 10.6. The van der Waals surface area contributed by atoms with Crippen molar-refractivity contribution in [1.82, 2.24) is 0 Å². The number of rotatable bonds is 4. The van der Waals surface area contributed by atoms with Crippen molar-refractivity contribution >= 4 is 21.6 Å². The van der Waals surface area contributed by atoms with E-state index in [9.17, 15) is 14.5 Å². The minimum Gasteiger partial charge on any atom is -0.489 e. The average molecular weight is 340 g/mol. The molecule has 0 amide bonds. The second-order valence-corrected chi connectivity index (χ2v) is 5.10. The SMILES string of the molecule is Cc1cc([N+](=O)[O-])ccc1OCc1ccc(F)c(Br)c1. The van der Waals surface area contributed by atoms with Gasteiger partial charge in [0.15, 0.2) is 0 Å². The highest BCUT2D eigenvalue weighted by Crippen LogP contribution is 2.24. The van der Waals surface area contributed by atoms with E-state index >= 15 is 0 Å². The molecular weight excluding hydrogens is 329 g/mol. The number of ether oxygens (including phenoxy) is 1. The van der Waals surface area contributed by atoms with E-state index in [-0.39, 0.29) is 18.1 Å². The van der Waals surface area contributed by atoms with Gasteiger partial charge in [-0.3, -0.25) is 10.1 Å². The van der Waals surface area contributed by atoms with Gasteiger partial charge in [-0.2, -0.15) is 0 Å². The Hall–Kier alpha value is -1.95. The molecular formula is C14H11BrFNO3. The summed E-state index contributed by atoms with van der Waals surface area (Å²) in [5, 5.41) is 10.6. The highest BCUT2D eigenvalue weighted by atomic mass is 79.9. The van der Waals surface area contributed by atoms with Gasteiger partial charge in [0.2, 0.25) is 0 Å². The Morgan fingerprint density at radius 1 is 1.30 bits per heavy atom. The molecule has 0 fully saturated rings. The van der Waals surface area contributed by atoms with Crippen LogP contribution in [0.5, 0.6) is 5.75 Å². The van der Waals surface area contributed by atoms with Crippen LogP contribution in [-0.4, -0.2) is 4.92 Å². The number of benzene rings is 2. The molecule has 0 N–H and O–H groups in total. The van der Waals surface area contributed by atoms with Crippen LogP contribution in [0.15, 0.2) is 40.9 Å². The largest absolute Gasteiger partial charge is 0.489 e. The molecule has 0 radical (unpaired) electrons. The average Bonchev–Trinajstić information content (AvgIpc) is 2.41. The Labute approximate surface area is 123 Å². The van der Waals surface area contributed by atoms with Gasteiger partial charge < -0.3 is 4.74 Å². The Morgan fingerprint density at radius 3 is 2.65 bits per heavy atom. The van der Waals surface area contributed by atoms with Gasteiger partial charge in [0.1, 0.15) is 18.2 Å². The van der Waals surface area contributed by atoms with Crippen molar-refractivity contribution in [1.29, 1.82) is 0 Å². The van der Waals surface area contributed by atoms with E-state index in [1.54, 1.807) is 25.1 Å². The first-order valence-corrected chi connectivity index (χ1v) is 6.58. The van der Waals surface area contributed by atoms with Gasteiger partial charge in [0.25, 0.3) is 5.69 Å². The highest BCUT2D eigenvalue weighted by molar-refractivity contribution is 9.10. The predicted octanol–water partition coefficient (Wildman–Crippen LogP) is 4.38. The molecule has 0 aromatic heterocycles. The molecule has 0 heterocycles. The van der Waals surface area contributed by atoms with Crippen molar-refractivity contribution in [2.45, 2.75) is 13.5 Å². The fraction of sp³-hybridized carbons (Fsp3) is 0.143. The normalized spacial score (nSPS) is 10.3. The summed E-state index contributed by atoms with van der Waals surface area (Å²) in [6, 6.07) is 9.02. The zero-order valence-corrected chi connectivity index (χ0v) is 12.2. The van der Waals surface area contributed by atoms with Crippen LogP contribution in [0, 0.1) is 22.9 Å². The summed E-state index contributed by atoms with van der Waals surface area (Å²) in [5.41, 5.74) is 1.51. The van der Waals surface area contributed by atoms with Crippen LogP contribution in [0.4, 0.5) is 10.1 Å². The quantitative estimate of drug-likeness (QED) is 0.613. The summed E-state index contributed by atoms with van der Waals surface area (Å²) < 4.78 is 19.1. The highest BCUT2D eigenvalue weighted by Gasteiger charge is 2.09. The Kier molecular flexibility index (Phi) is 4.34. The van der Waals surface area contributed by atoms with E-state index in [0.29, 0.717) is 15.8 Å². The van der Waals surface area contributed by atoms with Crippen LogP contribution >= 0.6 is 15.9 Å². The summed E-state index contributed by atoms with van der Waals surface area (Å²) in [6.45, 7) is 2.00. The molecule has 0 aliphatic rings. The van der Waals surface area contributed by atoms with Crippen LogP contribution in [0.2, 0.25) is 0 Å². The lowest BCUT2D eigenvalue weighted by Crippen LogP contribution is -1.98. The van der Waals surface area contributed by atoms with Gasteiger partial charge in [0, 0.05) is 12.1 Å². The molecule has 0 aliphatic carbocycles. The maximum absolute atomic E-state index is 13.1. The Morgan fingerprint density at radius 2 is 2.05 bits per heavy atom. The minimum atomic E-state index is -0.451. The first-order valence-electron chi connectivity index (χ1n) is 5.79. The Bertz CT molecular complexity index is 661. The number of hydrogen-bond acceptors (Lipinski definition) is 3. The third-order valence-electron chi connectivity index (χ3n) is 2.75. The van der Waals surface area contributed by atoms with E-state index in [1.165, 1.54) is 18.2 Å². The summed E-state index contributed by atoms with van der Waals surface area (Å²) in [6.07, 6.45) is 0. The topological polar surface area (TPSA) is 52.4 Å². The number of hydrogen-bond donors (Lipinski definition) is 0. The maximum Gasteiger partial charge on any atom is 0.269 e. The fourth-order valence-corrected chi connectivity index (χ4v) is 2.13. The lowest BCUT2D eigenvalue weighted by Gasteiger charge is -2.09. The van der Waals surface area contributed by atoms with Crippen molar-refractivity contribution in [2.75, 3.05) is 0 Å². The summed E-state index contributed by atoms with van der Waals surface area (Å²) in [4.78, 5) is 10.2. The molecule has 2 aromatic rings. The number of halogens is 2. The first-order chi connectivity index (χ1) is 9.47. The molecule has 0 bridgehead atoms. The van der Waals surface area contributed by atoms with Crippen LogP contribution in [0.1, 0.15) is 11.1 Å². The molecule has 0 spiro atoms. The number of nitrogens with zero attached hydrogens (tertiary/aromatic N) is 1. The van der Waals surface area contributed by atoms with Crippen molar-refractivity contribution in [3.63, 3.8) is 0 Å². The van der Waals surface area contributed by atoms with Crippen LogP contribution < -0.4 is 4.74 Å². The molecule has 0 aliphatic heterocycles. The standard InChI is InChI=1S/C14H11BrFNO3/c1-9-6-11(17(18)19)3-5-14(9)20-8-10-2-4-13(16)12(15)7-10/h2-7H,8H2,1H3. The van der Waals surface area contributed by atoms with E-state index in [0.717, 1.165) is 5.56 Å². The van der Waals surface area contributed by atoms with Gasteiger partial charge in [-0.25, -0.2) is 4.39 Å². The molecule has 6 heteroatoms. The first kappa shape index (κ1) is 14.5. The van der Waals surface area contributed by atoms with Gasteiger partial charge >= 0.3 is 0 Å². The lowest BCUT2D eigenvalue weighted by molar-refractivity contribution is -0.384. The van der Waals surface area contributed by atoms with Crippen molar-refractivity contribution in [2.24, 2.45) is 0 Å². The monoisotopic (exact) mass is 339 g/mol. The van der Waals surface area contributed by atoms with Gasteiger partial charge in [0.05, 0.1) is 9.40 Å².